The van der Waals surface area contributed by atoms with E-state index in [0.29, 0.717) is 25.9 Å². The van der Waals surface area contributed by atoms with E-state index in [1.165, 1.54) is 0 Å². The lowest BCUT2D eigenvalue weighted by molar-refractivity contribution is -0.145. The van der Waals surface area contributed by atoms with Crippen molar-refractivity contribution < 1.29 is 9.59 Å². The highest BCUT2D eigenvalue weighted by Crippen LogP contribution is 2.18. The standard InChI is InChI=1S/C16H26N4O2/c1-10(2)15-16(22)17-8-9-20(15)14(21)7-6-13-11(3)18-19(5)12(13)4/h10,15H,6-9H2,1-5H3,(H,17,22). The third-order valence-corrected chi connectivity index (χ3v) is 4.46. The Morgan fingerprint density at radius 3 is 2.64 bits per heavy atom. The summed E-state index contributed by atoms with van der Waals surface area (Å²) in [5.41, 5.74) is 3.21. The number of amides is 2. The van der Waals surface area contributed by atoms with Crippen LogP contribution in [0.15, 0.2) is 0 Å². The highest BCUT2D eigenvalue weighted by molar-refractivity contribution is 5.89. The van der Waals surface area contributed by atoms with Gasteiger partial charge in [-0.2, -0.15) is 5.10 Å². The number of piperazine rings is 1. The van der Waals surface area contributed by atoms with Crippen LogP contribution in [0.5, 0.6) is 0 Å². The molecule has 1 atom stereocenters. The lowest BCUT2D eigenvalue weighted by atomic mass is 9.98. The maximum atomic E-state index is 12.6. The second-order valence-corrected chi connectivity index (χ2v) is 6.34. The molecule has 1 N–H and O–H groups in total. The van der Waals surface area contributed by atoms with Crippen LogP contribution in [0.1, 0.15) is 37.2 Å². The van der Waals surface area contributed by atoms with E-state index in [4.69, 9.17) is 0 Å². The quantitative estimate of drug-likeness (QED) is 0.900. The minimum Gasteiger partial charge on any atom is -0.353 e. The van der Waals surface area contributed by atoms with E-state index in [2.05, 4.69) is 10.4 Å². The lowest BCUT2D eigenvalue weighted by Gasteiger charge is -2.37. The predicted molar refractivity (Wildman–Crippen MR) is 84.4 cm³/mol. The molecule has 1 unspecified atom stereocenters. The predicted octanol–water partition coefficient (Wildman–Crippen LogP) is 0.953. The molecule has 1 fully saturated rings. The zero-order valence-electron chi connectivity index (χ0n) is 14.1. The molecule has 0 aromatic carbocycles. The number of nitrogens with one attached hydrogen (secondary N) is 1. The van der Waals surface area contributed by atoms with Gasteiger partial charge >= 0.3 is 0 Å². The van der Waals surface area contributed by atoms with Crippen LogP contribution >= 0.6 is 0 Å². The fourth-order valence-corrected chi connectivity index (χ4v) is 3.18. The molecule has 0 bridgehead atoms. The normalized spacial score (nSPS) is 18.7. The van der Waals surface area contributed by atoms with Crippen LogP contribution in [0, 0.1) is 19.8 Å². The van der Waals surface area contributed by atoms with Gasteiger partial charge in [-0.15, -0.1) is 0 Å². The summed E-state index contributed by atoms with van der Waals surface area (Å²) in [5, 5.41) is 7.23. The molecular formula is C16H26N4O2. The van der Waals surface area contributed by atoms with E-state index >= 15 is 0 Å². The van der Waals surface area contributed by atoms with Gasteiger partial charge in [-0.1, -0.05) is 13.8 Å². The molecular weight excluding hydrogens is 280 g/mol. The molecule has 1 saturated heterocycles. The summed E-state index contributed by atoms with van der Waals surface area (Å²) in [6, 6.07) is -0.350. The monoisotopic (exact) mass is 306 g/mol. The van der Waals surface area contributed by atoms with Crippen LogP contribution in [0.3, 0.4) is 0 Å². The molecule has 22 heavy (non-hydrogen) atoms. The Kier molecular flexibility index (Phi) is 4.88. The second-order valence-electron chi connectivity index (χ2n) is 6.34. The Bertz CT molecular complexity index is 577. The van der Waals surface area contributed by atoms with Crippen LogP contribution in [0.4, 0.5) is 0 Å². The summed E-state index contributed by atoms with van der Waals surface area (Å²) in [4.78, 5) is 26.3. The number of hydrogen-bond donors (Lipinski definition) is 1. The minimum absolute atomic E-state index is 0.0386. The van der Waals surface area contributed by atoms with Crippen LogP contribution in [-0.2, 0) is 23.1 Å². The molecule has 0 saturated carbocycles. The number of carbonyl (C=O) groups is 2. The fourth-order valence-electron chi connectivity index (χ4n) is 3.18. The maximum absolute atomic E-state index is 12.6. The zero-order chi connectivity index (χ0) is 16.4. The first-order valence-corrected chi connectivity index (χ1v) is 7.89. The SMILES string of the molecule is Cc1nn(C)c(C)c1CCC(=O)N1CCNC(=O)C1C(C)C. The Labute approximate surface area is 131 Å². The molecule has 0 radical (unpaired) electrons. The second kappa shape index (κ2) is 6.50. The van der Waals surface area contributed by atoms with Crippen molar-refractivity contribution in [3.8, 4) is 0 Å². The van der Waals surface area contributed by atoms with Gasteiger partial charge in [0, 0.05) is 32.3 Å². The molecule has 122 valence electrons. The molecule has 6 heteroatoms. The fraction of sp³-hybridized carbons (Fsp3) is 0.688. The average Bonchev–Trinajstić information content (AvgIpc) is 2.69. The largest absolute Gasteiger partial charge is 0.353 e. The maximum Gasteiger partial charge on any atom is 0.243 e. The first kappa shape index (κ1) is 16.5. The van der Waals surface area contributed by atoms with E-state index in [9.17, 15) is 9.59 Å². The third kappa shape index (κ3) is 3.15. The van der Waals surface area contributed by atoms with Gasteiger partial charge in [0.2, 0.25) is 11.8 Å². The smallest absolute Gasteiger partial charge is 0.243 e. The minimum atomic E-state index is -0.350. The number of aryl methyl sites for hydroxylation is 2. The Morgan fingerprint density at radius 2 is 2.09 bits per heavy atom. The summed E-state index contributed by atoms with van der Waals surface area (Å²) in [7, 11) is 1.91. The molecule has 0 aliphatic carbocycles. The average molecular weight is 306 g/mol. The van der Waals surface area contributed by atoms with Gasteiger partial charge in [-0.25, -0.2) is 0 Å². The van der Waals surface area contributed by atoms with Gasteiger partial charge in [-0.05, 0) is 31.7 Å². The first-order chi connectivity index (χ1) is 10.3. The molecule has 0 spiro atoms. The molecule has 1 aromatic rings. The van der Waals surface area contributed by atoms with Crippen molar-refractivity contribution in [2.75, 3.05) is 13.1 Å². The Morgan fingerprint density at radius 1 is 1.41 bits per heavy atom. The van der Waals surface area contributed by atoms with Crippen molar-refractivity contribution in [1.82, 2.24) is 20.0 Å². The van der Waals surface area contributed by atoms with Crippen LogP contribution in [-0.4, -0.2) is 45.6 Å². The van der Waals surface area contributed by atoms with E-state index in [1.54, 1.807) is 4.90 Å². The number of nitrogens with zero attached hydrogens (tertiary/aromatic N) is 3. The van der Waals surface area contributed by atoms with Crippen molar-refractivity contribution in [3.63, 3.8) is 0 Å². The highest BCUT2D eigenvalue weighted by atomic mass is 16.2. The van der Waals surface area contributed by atoms with E-state index < -0.39 is 0 Å². The van der Waals surface area contributed by atoms with Crippen LogP contribution in [0.25, 0.3) is 0 Å². The third-order valence-electron chi connectivity index (χ3n) is 4.46. The summed E-state index contributed by atoms with van der Waals surface area (Å²) in [6.07, 6.45) is 1.09. The van der Waals surface area contributed by atoms with E-state index in [-0.39, 0.29) is 23.8 Å². The van der Waals surface area contributed by atoms with Crippen molar-refractivity contribution in [2.45, 2.75) is 46.6 Å². The summed E-state index contributed by atoms with van der Waals surface area (Å²) < 4.78 is 1.85. The van der Waals surface area contributed by atoms with Crippen molar-refractivity contribution in [2.24, 2.45) is 13.0 Å². The Hall–Kier alpha value is -1.85. The van der Waals surface area contributed by atoms with E-state index in [1.807, 2.05) is 39.4 Å². The van der Waals surface area contributed by atoms with Gasteiger partial charge in [0.15, 0.2) is 0 Å². The Balaban J connectivity index is 2.06. The first-order valence-electron chi connectivity index (χ1n) is 7.89. The highest BCUT2D eigenvalue weighted by Gasteiger charge is 2.34. The number of aromatic nitrogens is 2. The molecule has 2 amide bonds. The summed E-state index contributed by atoms with van der Waals surface area (Å²) in [6.45, 7) is 9.08. The zero-order valence-corrected chi connectivity index (χ0v) is 14.1. The number of rotatable bonds is 4. The van der Waals surface area contributed by atoms with Crippen LogP contribution < -0.4 is 5.32 Å². The lowest BCUT2D eigenvalue weighted by Crippen LogP contribution is -2.59. The molecule has 1 aliphatic rings. The van der Waals surface area contributed by atoms with E-state index in [0.717, 1.165) is 17.0 Å². The number of hydrogen-bond acceptors (Lipinski definition) is 3. The van der Waals surface area contributed by atoms with Gasteiger partial charge in [0.25, 0.3) is 0 Å². The topological polar surface area (TPSA) is 67.2 Å². The van der Waals surface area contributed by atoms with Crippen molar-refractivity contribution in [1.29, 1.82) is 0 Å². The van der Waals surface area contributed by atoms with Crippen molar-refractivity contribution >= 4 is 11.8 Å². The molecule has 2 heterocycles. The van der Waals surface area contributed by atoms with Crippen molar-refractivity contribution in [3.05, 3.63) is 17.0 Å². The summed E-state index contributed by atoms with van der Waals surface area (Å²) >= 11 is 0. The van der Waals surface area contributed by atoms with Crippen LogP contribution in [0.2, 0.25) is 0 Å². The molecule has 2 rings (SSSR count). The molecule has 6 nitrogen and oxygen atoms in total. The van der Waals surface area contributed by atoms with Gasteiger partial charge < -0.3 is 10.2 Å². The number of carbonyl (C=O) groups excluding carboxylic acids is 2. The van der Waals surface area contributed by atoms with Gasteiger partial charge in [0.1, 0.15) is 6.04 Å². The van der Waals surface area contributed by atoms with Gasteiger partial charge in [0.05, 0.1) is 5.69 Å². The summed E-state index contributed by atoms with van der Waals surface area (Å²) in [5.74, 6) is 0.130. The molecule has 1 aromatic heterocycles. The molecule has 1 aliphatic heterocycles. The van der Waals surface area contributed by atoms with Gasteiger partial charge in [-0.3, -0.25) is 14.3 Å².